The third kappa shape index (κ3) is 3.30. The summed E-state index contributed by atoms with van der Waals surface area (Å²) in [6.07, 6.45) is 0. The van der Waals surface area contributed by atoms with Crippen molar-refractivity contribution in [2.45, 2.75) is 18.7 Å². The molecule has 0 radical (unpaired) electrons. The van der Waals surface area contributed by atoms with E-state index in [1.54, 1.807) is 6.07 Å². The number of hydrogen-bond acceptors (Lipinski definition) is 6. The molecule has 28 heavy (non-hydrogen) atoms. The van der Waals surface area contributed by atoms with Gasteiger partial charge >= 0.3 is 0 Å². The van der Waals surface area contributed by atoms with Crippen molar-refractivity contribution in [3.05, 3.63) is 59.7 Å². The van der Waals surface area contributed by atoms with E-state index in [1.165, 1.54) is 12.1 Å². The van der Waals surface area contributed by atoms with E-state index in [0.29, 0.717) is 21.8 Å². The maximum Gasteiger partial charge on any atom is 0.263 e. The lowest BCUT2D eigenvalue weighted by molar-refractivity contribution is -0.110. The van der Waals surface area contributed by atoms with Crippen LogP contribution in [0.5, 0.6) is 0 Å². The Morgan fingerprint density at radius 3 is 2.54 bits per heavy atom. The molecule has 4 rings (SSSR count). The van der Waals surface area contributed by atoms with Gasteiger partial charge in [0.2, 0.25) is 5.13 Å². The Labute approximate surface area is 166 Å². The highest BCUT2D eigenvalue weighted by molar-refractivity contribution is 7.93. The Morgan fingerprint density at radius 1 is 1.07 bits per heavy atom. The SMILES string of the molecule is CC(C)=C1C(=O)Nc2ccc(S(=O)(=O)Nc3nnc(-c4ccccc4)s3)cc21. The van der Waals surface area contributed by atoms with Crippen LogP contribution in [-0.2, 0) is 14.8 Å². The normalized spacial score (nSPS) is 13.2. The first-order chi connectivity index (χ1) is 13.3. The van der Waals surface area contributed by atoms with E-state index in [1.807, 2.05) is 44.2 Å². The number of carbonyl (C=O) groups excluding carboxylic acids is 1. The van der Waals surface area contributed by atoms with Crippen LogP contribution in [-0.4, -0.2) is 24.5 Å². The van der Waals surface area contributed by atoms with Gasteiger partial charge in [0.15, 0.2) is 0 Å². The van der Waals surface area contributed by atoms with E-state index in [0.717, 1.165) is 22.5 Å². The summed E-state index contributed by atoms with van der Waals surface area (Å²) in [6.45, 7) is 3.63. The van der Waals surface area contributed by atoms with Gasteiger partial charge in [0, 0.05) is 22.4 Å². The Kier molecular flexibility index (Phi) is 4.48. The Balaban J connectivity index is 1.65. The molecule has 1 amide bonds. The molecule has 1 aliphatic rings. The number of benzene rings is 2. The van der Waals surface area contributed by atoms with Crippen LogP contribution in [0.1, 0.15) is 19.4 Å². The number of allylic oxidation sites excluding steroid dienone is 1. The van der Waals surface area contributed by atoms with Crippen LogP contribution in [0.3, 0.4) is 0 Å². The van der Waals surface area contributed by atoms with E-state index < -0.39 is 10.0 Å². The standard InChI is InChI=1S/C19H16N4O3S2/c1-11(2)16-14-10-13(8-9-15(14)20-17(16)24)28(25,26)23-19-22-21-18(27-19)12-6-4-3-5-7-12/h3-10H,1-2H3,(H,20,24)(H,22,23). The monoisotopic (exact) mass is 412 g/mol. The molecule has 0 saturated heterocycles. The number of sulfonamides is 1. The number of amides is 1. The molecule has 2 aromatic carbocycles. The van der Waals surface area contributed by atoms with E-state index >= 15 is 0 Å². The highest BCUT2D eigenvalue weighted by Gasteiger charge is 2.27. The molecule has 0 unspecified atom stereocenters. The van der Waals surface area contributed by atoms with Gasteiger partial charge < -0.3 is 5.32 Å². The van der Waals surface area contributed by atoms with Crippen molar-refractivity contribution >= 4 is 43.7 Å². The van der Waals surface area contributed by atoms with Gasteiger partial charge in [-0.05, 0) is 32.0 Å². The van der Waals surface area contributed by atoms with E-state index in [4.69, 9.17) is 0 Å². The molecule has 1 aliphatic heterocycles. The molecule has 0 atom stereocenters. The van der Waals surface area contributed by atoms with Gasteiger partial charge in [-0.25, -0.2) is 8.42 Å². The minimum absolute atomic E-state index is 0.0537. The zero-order chi connectivity index (χ0) is 19.9. The Morgan fingerprint density at radius 2 is 1.82 bits per heavy atom. The summed E-state index contributed by atoms with van der Waals surface area (Å²) in [6, 6.07) is 13.9. The Bertz CT molecular complexity index is 1210. The van der Waals surface area contributed by atoms with Gasteiger partial charge in [-0.15, -0.1) is 10.2 Å². The van der Waals surface area contributed by atoms with Crippen LogP contribution in [0.4, 0.5) is 10.8 Å². The van der Waals surface area contributed by atoms with Crippen LogP contribution in [0, 0.1) is 0 Å². The van der Waals surface area contributed by atoms with E-state index in [-0.39, 0.29) is 15.9 Å². The van der Waals surface area contributed by atoms with Crippen LogP contribution < -0.4 is 10.0 Å². The average Bonchev–Trinajstić information content (AvgIpc) is 3.24. The second-order valence-electron chi connectivity index (χ2n) is 6.42. The number of nitrogens with zero attached hydrogens (tertiary/aromatic N) is 2. The first kappa shape index (κ1) is 18.3. The van der Waals surface area contributed by atoms with Crippen molar-refractivity contribution in [1.29, 1.82) is 0 Å². The summed E-state index contributed by atoms with van der Waals surface area (Å²) in [5.41, 5.74) is 3.35. The molecule has 9 heteroatoms. The van der Waals surface area contributed by atoms with Crippen LogP contribution in [0.15, 0.2) is 59.0 Å². The minimum atomic E-state index is -3.87. The lowest BCUT2D eigenvalue weighted by Crippen LogP contribution is -2.13. The molecule has 0 aliphatic carbocycles. The zero-order valence-electron chi connectivity index (χ0n) is 15.1. The second-order valence-corrected chi connectivity index (χ2v) is 9.08. The minimum Gasteiger partial charge on any atom is -0.321 e. The summed E-state index contributed by atoms with van der Waals surface area (Å²) >= 11 is 1.15. The predicted octanol–water partition coefficient (Wildman–Crippen LogP) is 3.75. The summed E-state index contributed by atoms with van der Waals surface area (Å²) in [4.78, 5) is 12.2. The summed E-state index contributed by atoms with van der Waals surface area (Å²) in [5, 5.41) is 11.5. The number of hydrogen-bond donors (Lipinski definition) is 2. The van der Waals surface area contributed by atoms with E-state index in [9.17, 15) is 13.2 Å². The fourth-order valence-corrected chi connectivity index (χ4v) is 4.95. The number of fused-ring (bicyclic) bond motifs is 1. The maximum atomic E-state index is 12.8. The second kappa shape index (κ2) is 6.84. The number of aromatic nitrogens is 2. The van der Waals surface area contributed by atoms with E-state index in [2.05, 4.69) is 20.2 Å². The van der Waals surface area contributed by atoms with Crippen LogP contribution in [0.25, 0.3) is 16.1 Å². The predicted molar refractivity (Wildman–Crippen MR) is 109 cm³/mol. The number of nitrogens with one attached hydrogen (secondary N) is 2. The summed E-state index contributed by atoms with van der Waals surface area (Å²) < 4.78 is 28.1. The molecule has 0 saturated carbocycles. The molecule has 2 N–H and O–H groups in total. The fourth-order valence-electron chi connectivity index (χ4n) is 2.95. The van der Waals surface area contributed by atoms with Crippen molar-refractivity contribution in [3.63, 3.8) is 0 Å². The first-order valence-electron chi connectivity index (χ1n) is 8.40. The molecule has 0 spiro atoms. The molecular weight excluding hydrogens is 396 g/mol. The molecule has 3 aromatic rings. The summed E-state index contributed by atoms with van der Waals surface area (Å²) in [7, 11) is -3.87. The summed E-state index contributed by atoms with van der Waals surface area (Å²) in [5.74, 6) is -0.228. The Hall–Kier alpha value is -3.04. The highest BCUT2D eigenvalue weighted by atomic mass is 32.2. The molecule has 1 aromatic heterocycles. The third-order valence-electron chi connectivity index (χ3n) is 4.21. The third-order valence-corrected chi connectivity index (χ3v) is 6.57. The molecule has 2 heterocycles. The number of anilines is 2. The quantitative estimate of drug-likeness (QED) is 0.636. The highest BCUT2D eigenvalue weighted by Crippen LogP contribution is 2.36. The average molecular weight is 412 g/mol. The van der Waals surface area contributed by atoms with Crippen LogP contribution in [0.2, 0.25) is 0 Å². The van der Waals surface area contributed by atoms with Crippen LogP contribution >= 0.6 is 11.3 Å². The fraction of sp³-hybridized carbons (Fsp3) is 0.105. The molecule has 0 fully saturated rings. The molecular formula is C19H16N4O3S2. The van der Waals surface area contributed by atoms with Crippen molar-refractivity contribution in [2.24, 2.45) is 0 Å². The van der Waals surface area contributed by atoms with Gasteiger partial charge in [0.25, 0.3) is 15.9 Å². The topological polar surface area (TPSA) is 101 Å². The van der Waals surface area contributed by atoms with Gasteiger partial charge in [0.1, 0.15) is 5.01 Å². The molecule has 7 nitrogen and oxygen atoms in total. The molecule has 0 bridgehead atoms. The maximum absolute atomic E-state index is 12.8. The lowest BCUT2D eigenvalue weighted by atomic mass is 10.0. The largest absolute Gasteiger partial charge is 0.321 e. The lowest BCUT2D eigenvalue weighted by Gasteiger charge is -2.07. The van der Waals surface area contributed by atoms with Gasteiger partial charge in [0.05, 0.1) is 4.90 Å². The van der Waals surface area contributed by atoms with Gasteiger partial charge in [-0.3, -0.25) is 9.52 Å². The zero-order valence-corrected chi connectivity index (χ0v) is 16.7. The van der Waals surface area contributed by atoms with Crippen molar-refractivity contribution in [2.75, 3.05) is 10.0 Å². The first-order valence-corrected chi connectivity index (χ1v) is 10.7. The van der Waals surface area contributed by atoms with Crippen molar-refractivity contribution in [3.8, 4) is 10.6 Å². The number of rotatable bonds is 4. The number of carbonyl (C=O) groups is 1. The van der Waals surface area contributed by atoms with Crippen molar-refractivity contribution in [1.82, 2.24) is 10.2 Å². The van der Waals surface area contributed by atoms with Gasteiger partial charge in [-0.2, -0.15) is 0 Å². The van der Waals surface area contributed by atoms with Gasteiger partial charge in [-0.1, -0.05) is 47.2 Å². The smallest absolute Gasteiger partial charge is 0.263 e. The van der Waals surface area contributed by atoms with Crippen molar-refractivity contribution < 1.29 is 13.2 Å². The molecule has 142 valence electrons.